The van der Waals surface area contributed by atoms with E-state index in [2.05, 4.69) is 15.9 Å². The molecule has 1 fully saturated rings. The van der Waals surface area contributed by atoms with E-state index in [9.17, 15) is 18.0 Å². The van der Waals surface area contributed by atoms with Crippen molar-refractivity contribution in [2.24, 2.45) is 0 Å². The maximum absolute atomic E-state index is 12.3. The molecule has 116 valence electrons. The van der Waals surface area contributed by atoms with Gasteiger partial charge in [-0.1, -0.05) is 0 Å². The van der Waals surface area contributed by atoms with Crippen LogP contribution >= 0.6 is 15.9 Å². The van der Waals surface area contributed by atoms with Crippen LogP contribution in [0.3, 0.4) is 0 Å². The van der Waals surface area contributed by atoms with Gasteiger partial charge in [0.2, 0.25) is 0 Å². The molecule has 2 N–H and O–H groups in total. The van der Waals surface area contributed by atoms with E-state index in [-0.39, 0.29) is 32.1 Å². The van der Waals surface area contributed by atoms with Crippen molar-refractivity contribution in [3.8, 4) is 0 Å². The van der Waals surface area contributed by atoms with Crippen LogP contribution in [-0.4, -0.2) is 54.6 Å². The Labute approximate surface area is 128 Å². The molecule has 1 amide bonds. The molecular weight excluding hydrogens is 351 g/mol. The minimum absolute atomic E-state index is 0.192. The lowest BCUT2D eigenvalue weighted by molar-refractivity contribution is -0.148. The number of nitrogens with two attached hydrogens (primary N) is 1. The molecule has 4 nitrogen and oxygen atoms in total. The Bertz CT molecular complexity index is 528. The molecular formula is C13H15BrF3N3O. The molecule has 21 heavy (non-hydrogen) atoms. The first-order valence-corrected chi connectivity index (χ1v) is 7.19. The number of anilines is 1. The van der Waals surface area contributed by atoms with E-state index in [1.54, 1.807) is 23.1 Å². The highest BCUT2D eigenvalue weighted by Gasteiger charge is 2.32. The summed E-state index contributed by atoms with van der Waals surface area (Å²) >= 11 is 3.25. The number of halogens is 4. The number of carbonyl (C=O) groups is 1. The van der Waals surface area contributed by atoms with Crippen LogP contribution in [0.1, 0.15) is 10.4 Å². The summed E-state index contributed by atoms with van der Waals surface area (Å²) in [5, 5.41) is 0. The average Bonchev–Trinajstić information content (AvgIpc) is 2.40. The maximum Gasteiger partial charge on any atom is 0.401 e. The minimum atomic E-state index is -4.20. The van der Waals surface area contributed by atoms with Crippen LogP contribution in [-0.2, 0) is 0 Å². The van der Waals surface area contributed by atoms with Gasteiger partial charge in [-0.25, -0.2) is 0 Å². The van der Waals surface area contributed by atoms with Gasteiger partial charge in [-0.2, -0.15) is 13.2 Å². The fourth-order valence-electron chi connectivity index (χ4n) is 2.21. The molecule has 0 atom stereocenters. The van der Waals surface area contributed by atoms with E-state index in [4.69, 9.17) is 5.73 Å². The first kappa shape index (κ1) is 16.1. The van der Waals surface area contributed by atoms with Crippen molar-refractivity contribution in [3.63, 3.8) is 0 Å². The lowest BCUT2D eigenvalue weighted by Gasteiger charge is -2.35. The van der Waals surface area contributed by atoms with Crippen molar-refractivity contribution < 1.29 is 18.0 Å². The van der Waals surface area contributed by atoms with Crippen molar-refractivity contribution >= 4 is 27.5 Å². The van der Waals surface area contributed by atoms with Crippen molar-refractivity contribution in [1.29, 1.82) is 0 Å². The second-order valence-electron chi connectivity index (χ2n) is 4.92. The minimum Gasteiger partial charge on any atom is -0.398 e. The Morgan fingerprint density at radius 1 is 1.24 bits per heavy atom. The molecule has 8 heteroatoms. The van der Waals surface area contributed by atoms with Gasteiger partial charge in [0.05, 0.1) is 6.54 Å². The van der Waals surface area contributed by atoms with Gasteiger partial charge in [-0.15, -0.1) is 0 Å². The third kappa shape index (κ3) is 4.34. The quantitative estimate of drug-likeness (QED) is 0.818. The van der Waals surface area contributed by atoms with E-state index in [1.807, 2.05) is 0 Å². The number of nitrogen functional groups attached to an aromatic ring is 1. The molecule has 1 aromatic rings. The molecule has 0 bridgehead atoms. The van der Waals surface area contributed by atoms with Crippen LogP contribution in [0.25, 0.3) is 0 Å². The molecule has 0 spiro atoms. The summed E-state index contributed by atoms with van der Waals surface area (Å²) in [5.41, 5.74) is 6.66. The van der Waals surface area contributed by atoms with E-state index in [1.165, 1.54) is 4.90 Å². The summed E-state index contributed by atoms with van der Waals surface area (Å²) in [7, 11) is 0. The van der Waals surface area contributed by atoms with Crippen molar-refractivity contribution in [1.82, 2.24) is 9.80 Å². The Morgan fingerprint density at radius 3 is 2.38 bits per heavy atom. The fraction of sp³-hybridized carbons (Fsp3) is 0.462. The highest BCUT2D eigenvalue weighted by atomic mass is 79.9. The number of hydrogen-bond acceptors (Lipinski definition) is 3. The zero-order valence-electron chi connectivity index (χ0n) is 11.2. The van der Waals surface area contributed by atoms with E-state index < -0.39 is 12.7 Å². The predicted molar refractivity (Wildman–Crippen MR) is 77.0 cm³/mol. The lowest BCUT2D eigenvalue weighted by atomic mass is 10.1. The lowest BCUT2D eigenvalue weighted by Crippen LogP contribution is -2.50. The number of amides is 1. The number of alkyl halides is 3. The molecule has 1 saturated heterocycles. The van der Waals surface area contributed by atoms with Crippen LogP contribution in [0.15, 0.2) is 22.7 Å². The first-order valence-electron chi connectivity index (χ1n) is 6.40. The van der Waals surface area contributed by atoms with Gasteiger partial charge >= 0.3 is 6.18 Å². The molecule has 0 aromatic heterocycles. The Hall–Kier alpha value is -1.28. The number of carbonyl (C=O) groups excluding carboxylic acids is 1. The largest absolute Gasteiger partial charge is 0.401 e. The third-order valence-electron chi connectivity index (χ3n) is 3.31. The number of piperazine rings is 1. The molecule has 0 saturated carbocycles. The van der Waals surface area contributed by atoms with E-state index in [0.717, 1.165) is 0 Å². The Kier molecular flexibility index (Phi) is 4.77. The van der Waals surface area contributed by atoms with Crippen molar-refractivity contribution in [2.45, 2.75) is 6.18 Å². The van der Waals surface area contributed by atoms with Gasteiger partial charge in [0.25, 0.3) is 5.91 Å². The first-order chi connectivity index (χ1) is 9.76. The number of rotatable bonds is 2. The monoisotopic (exact) mass is 365 g/mol. The van der Waals surface area contributed by atoms with Gasteiger partial charge < -0.3 is 10.6 Å². The van der Waals surface area contributed by atoms with Crippen LogP contribution < -0.4 is 5.73 Å². The summed E-state index contributed by atoms with van der Waals surface area (Å²) in [6, 6.07) is 4.86. The molecule has 1 aliphatic heterocycles. The Morgan fingerprint density at radius 2 is 1.86 bits per heavy atom. The smallest absolute Gasteiger partial charge is 0.398 e. The van der Waals surface area contributed by atoms with Crippen molar-refractivity contribution in [3.05, 3.63) is 28.2 Å². The highest BCUT2D eigenvalue weighted by molar-refractivity contribution is 9.10. The summed E-state index contributed by atoms with van der Waals surface area (Å²) in [5.74, 6) is -0.192. The number of benzene rings is 1. The molecule has 0 aliphatic carbocycles. The second-order valence-corrected chi connectivity index (χ2v) is 5.77. The van der Waals surface area contributed by atoms with Gasteiger partial charge in [0.1, 0.15) is 0 Å². The maximum atomic E-state index is 12.3. The second kappa shape index (κ2) is 6.23. The fourth-order valence-corrected chi connectivity index (χ4v) is 2.58. The van der Waals surface area contributed by atoms with Crippen molar-refractivity contribution in [2.75, 3.05) is 38.5 Å². The summed E-state index contributed by atoms with van der Waals surface area (Å²) in [4.78, 5) is 15.1. The van der Waals surface area contributed by atoms with Crippen LogP contribution in [0.2, 0.25) is 0 Å². The predicted octanol–water partition coefficient (Wildman–Crippen LogP) is 2.35. The molecule has 1 heterocycles. The summed E-state index contributed by atoms with van der Waals surface area (Å²) in [6.07, 6.45) is -4.20. The summed E-state index contributed by atoms with van der Waals surface area (Å²) < 4.78 is 37.5. The van der Waals surface area contributed by atoms with Crippen LogP contribution in [0.5, 0.6) is 0 Å². The standard InChI is InChI=1S/C13H15BrF3N3O/c14-10-7-9(1-2-11(10)18)12(21)20-5-3-19(4-6-20)8-13(15,16)17/h1-2,7H,3-6,8,18H2. The SMILES string of the molecule is Nc1ccc(C(=O)N2CCN(CC(F)(F)F)CC2)cc1Br. The average molecular weight is 366 g/mol. The van der Waals surface area contributed by atoms with Gasteiger partial charge in [0.15, 0.2) is 0 Å². The molecule has 0 unspecified atom stereocenters. The summed E-state index contributed by atoms with van der Waals surface area (Å²) in [6.45, 7) is 0.0963. The molecule has 1 aliphatic rings. The molecule has 2 rings (SSSR count). The normalized spacial score (nSPS) is 17.0. The van der Waals surface area contributed by atoms with E-state index in [0.29, 0.717) is 15.7 Å². The number of hydrogen-bond donors (Lipinski definition) is 1. The molecule has 1 aromatic carbocycles. The zero-order valence-corrected chi connectivity index (χ0v) is 12.7. The van der Waals surface area contributed by atoms with Gasteiger partial charge in [-0.3, -0.25) is 9.69 Å². The third-order valence-corrected chi connectivity index (χ3v) is 4.00. The molecule has 0 radical (unpaired) electrons. The van der Waals surface area contributed by atoms with Crippen LogP contribution in [0.4, 0.5) is 18.9 Å². The van der Waals surface area contributed by atoms with E-state index >= 15 is 0 Å². The highest BCUT2D eigenvalue weighted by Crippen LogP contribution is 2.22. The number of nitrogens with zero attached hydrogens (tertiary/aromatic N) is 2. The van der Waals surface area contributed by atoms with Gasteiger partial charge in [0, 0.05) is 41.9 Å². The topological polar surface area (TPSA) is 49.6 Å². The Balaban J connectivity index is 1.95. The van der Waals surface area contributed by atoms with Crippen LogP contribution in [0, 0.1) is 0 Å². The zero-order chi connectivity index (χ0) is 15.6. The van der Waals surface area contributed by atoms with Gasteiger partial charge in [-0.05, 0) is 34.1 Å².